The van der Waals surface area contributed by atoms with Crippen molar-refractivity contribution in [1.82, 2.24) is 9.55 Å². The predicted molar refractivity (Wildman–Crippen MR) is 118 cm³/mol. The first-order valence-electron chi connectivity index (χ1n) is 9.38. The van der Waals surface area contributed by atoms with E-state index >= 15 is 0 Å². The molecule has 0 aliphatic carbocycles. The molecule has 2 aromatic carbocycles. The normalized spacial score (nSPS) is 11.1. The monoisotopic (exact) mass is 403 g/mol. The summed E-state index contributed by atoms with van der Waals surface area (Å²) in [5.74, 6) is 0.108. The van der Waals surface area contributed by atoms with Gasteiger partial charge in [0.1, 0.15) is 10.7 Å². The van der Waals surface area contributed by atoms with Gasteiger partial charge < -0.3 is 5.73 Å². The van der Waals surface area contributed by atoms with Crippen LogP contribution in [0.5, 0.6) is 0 Å². The molecular weight excluding hydrogens is 382 g/mol. The van der Waals surface area contributed by atoms with Crippen molar-refractivity contribution in [3.8, 4) is 22.5 Å². The molecule has 0 unspecified atom stereocenters. The van der Waals surface area contributed by atoms with Gasteiger partial charge in [-0.05, 0) is 19.4 Å². The van der Waals surface area contributed by atoms with Crippen LogP contribution in [0.25, 0.3) is 32.7 Å². The Kier molecular flexibility index (Phi) is 5.03. The number of amides is 1. The molecule has 1 amide bonds. The molecule has 0 aliphatic rings. The lowest BCUT2D eigenvalue weighted by atomic mass is 10.0. The van der Waals surface area contributed by atoms with E-state index in [1.807, 2.05) is 67.8 Å². The molecule has 2 aromatic heterocycles. The molecule has 2 heterocycles. The maximum Gasteiger partial charge on any atom is 0.263 e. The van der Waals surface area contributed by atoms with E-state index < -0.39 is 5.91 Å². The largest absolute Gasteiger partial charge is 0.370 e. The van der Waals surface area contributed by atoms with Gasteiger partial charge in [-0.25, -0.2) is 4.98 Å². The van der Waals surface area contributed by atoms with Crippen molar-refractivity contribution in [2.24, 2.45) is 5.73 Å². The summed E-state index contributed by atoms with van der Waals surface area (Å²) in [5.41, 5.74) is 10.2. The molecule has 0 saturated heterocycles. The predicted octanol–water partition coefficient (Wildman–Crippen LogP) is 4.28. The fourth-order valence-electron chi connectivity index (χ4n) is 3.32. The van der Waals surface area contributed by atoms with Gasteiger partial charge in [0, 0.05) is 29.5 Å². The molecule has 0 radical (unpaired) electrons. The summed E-state index contributed by atoms with van der Waals surface area (Å²) in [5, 5.41) is 2.56. The second kappa shape index (κ2) is 7.64. The van der Waals surface area contributed by atoms with Gasteiger partial charge in [-0.1, -0.05) is 59.7 Å². The number of fused-ring (bicyclic) bond motifs is 1. The molecule has 2 N–H and O–H groups in total. The van der Waals surface area contributed by atoms with Gasteiger partial charge in [0.2, 0.25) is 5.91 Å². The molecule has 0 spiro atoms. The third kappa shape index (κ3) is 3.71. The number of carbonyl (C=O) groups excluding carboxylic acids is 1. The van der Waals surface area contributed by atoms with Crippen LogP contribution in [0.2, 0.25) is 0 Å². The van der Waals surface area contributed by atoms with Crippen LogP contribution in [0.4, 0.5) is 0 Å². The maximum atomic E-state index is 13.5. The van der Waals surface area contributed by atoms with Crippen molar-refractivity contribution in [2.45, 2.75) is 26.8 Å². The van der Waals surface area contributed by atoms with Crippen molar-refractivity contribution in [2.75, 3.05) is 0 Å². The molecule has 146 valence electrons. The number of aromatic nitrogens is 2. The number of hydrogen-bond acceptors (Lipinski definition) is 4. The molecular formula is C23H21N3O2S. The fourth-order valence-corrected chi connectivity index (χ4v) is 4.26. The van der Waals surface area contributed by atoms with Crippen LogP contribution in [0.1, 0.15) is 17.5 Å². The van der Waals surface area contributed by atoms with Crippen molar-refractivity contribution >= 4 is 27.5 Å². The number of rotatable bonds is 5. The number of hydrogen-bond donors (Lipinski definition) is 1. The maximum absolute atomic E-state index is 13.5. The van der Waals surface area contributed by atoms with Crippen molar-refractivity contribution in [3.05, 3.63) is 75.4 Å². The molecule has 0 fully saturated rings. The Morgan fingerprint density at radius 3 is 2.17 bits per heavy atom. The molecule has 0 bridgehead atoms. The zero-order chi connectivity index (χ0) is 20.5. The highest BCUT2D eigenvalue weighted by atomic mass is 32.1. The second-order valence-electron chi connectivity index (χ2n) is 7.17. The van der Waals surface area contributed by atoms with E-state index in [1.165, 1.54) is 11.3 Å². The van der Waals surface area contributed by atoms with E-state index in [9.17, 15) is 9.59 Å². The highest BCUT2D eigenvalue weighted by Crippen LogP contribution is 2.32. The SMILES string of the molecule is Cc1ccc(-c2csc3nc(-c4ccc(C)cc4)n(CCC(N)=O)c(=O)c23)cc1. The lowest BCUT2D eigenvalue weighted by Gasteiger charge is -2.13. The van der Waals surface area contributed by atoms with Crippen LogP contribution in [-0.4, -0.2) is 15.5 Å². The van der Waals surface area contributed by atoms with Crippen molar-refractivity contribution in [1.29, 1.82) is 0 Å². The van der Waals surface area contributed by atoms with Gasteiger partial charge in [0.15, 0.2) is 0 Å². The molecule has 29 heavy (non-hydrogen) atoms. The van der Waals surface area contributed by atoms with Gasteiger partial charge in [-0.2, -0.15) is 0 Å². The van der Waals surface area contributed by atoms with Crippen molar-refractivity contribution < 1.29 is 4.79 Å². The summed E-state index contributed by atoms with van der Waals surface area (Å²) < 4.78 is 1.57. The smallest absolute Gasteiger partial charge is 0.263 e. The molecule has 5 nitrogen and oxygen atoms in total. The molecule has 0 atom stereocenters. The topological polar surface area (TPSA) is 78.0 Å². The van der Waals surface area contributed by atoms with Crippen LogP contribution in [0.3, 0.4) is 0 Å². The van der Waals surface area contributed by atoms with E-state index in [0.717, 1.165) is 27.8 Å². The number of thiophene rings is 1. The number of primary amides is 1. The summed E-state index contributed by atoms with van der Waals surface area (Å²) in [7, 11) is 0. The first-order chi connectivity index (χ1) is 13.9. The first-order valence-corrected chi connectivity index (χ1v) is 10.3. The van der Waals surface area contributed by atoms with E-state index in [4.69, 9.17) is 10.7 Å². The Morgan fingerprint density at radius 2 is 1.59 bits per heavy atom. The van der Waals surface area contributed by atoms with E-state index in [-0.39, 0.29) is 18.5 Å². The van der Waals surface area contributed by atoms with E-state index in [0.29, 0.717) is 16.0 Å². The minimum absolute atomic E-state index is 0.0793. The molecule has 0 aliphatic heterocycles. The quantitative estimate of drug-likeness (QED) is 0.540. The Bertz CT molecular complexity index is 1250. The van der Waals surface area contributed by atoms with Crippen LogP contribution >= 0.6 is 11.3 Å². The van der Waals surface area contributed by atoms with Crippen LogP contribution in [-0.2, 0) is 11.3 Å². The highest BCUT2D eigenvalue weighted by Gasteiger charge is 2.18. The van der Waals surface area contributed by atoms with Gasteiger partial charge in [-0.15, -0.1) is 11.3 Å². The summed E-state index contributed by atoms with van der Waals surface area (Å²) >= 11 is 1.46. The van der Waals surface area contributed by atoms with Gasteiger partial charge in [-0.3, -0.25) is 14.2 Å². The third-order valence-electron chi connectivity index (χ3n) is 4.95. The van der Waals surface area contributed by atoms with E-state index in [2.05, 4.69) is 0 Å². The van der Waals surface area contributed by atoms with Gasteiger partial charge in [0.25, 0.3) is 5.56 Å². The van der Waals surface area contributed by atoms with Gasteiger partial charge >= 0.3 is 0 Å². The number of nitrogens with zero attached hydrogens (tertiary/aromatic N) is 2. The molecule has 4 rings (SSSR count). The number of benzene rings is 2. The minimum atomic E-state index is -0.448. The molecule has 4 aromatic rings. The van der Waals surface area contributed by atoms with Gasteiger partial charge in [0.05, 0.1) is 5.39 Å². The lowest BCUT2D eigenvalue weighted by molar-refractivity contribution is -0.118. The molecule has 6 heteroatoms. The van der Waals surface area contributed by atoms with Crippen LogP contribution in [0.15, 0.2) is 58.7 Å². The molecule has 0 saturated carbocycles. The average Bonchev–Trinajstić information content (AvgIpc) is 3.12. The zero-order valence-electron chi connectivity index (χ0n) is 16.3. The zero-order valence-corrected chi connectivity index (χ0v) is 17.1. The second-order valence-corrected chi connectivity index (χ2v) is 8.03. The fraction of sp³-hybridized carbons (Fsp3) is 0.174. The summed E-state index contributed by atoms with van der Waals surface area (Å²) in [6, 6.07) is 15.9. The first kappa shape index (κ1) is 19.1. The Morgan fingerprint density at radius 1 is 1.00 bits per heavy atom. The summed E-state index contributed by atoms with van der Waals surface area (Å²) in [4.78, 5) is 30.4. The Hall–Kier alpha value is -3.25. The van der Waals surface area contributed by atoms with Crippen LogP contribution in [0, 0.1) is 13.8 Å². The number of carbonyl (C=O) groups is 1. The van der Waals surface area contributed by atoms with E-state index in [1.54, 1.807) is 4.57 Å². The van der Waals surface area contributed by atoms with Crippen LogP contribution < -0.4 is 11.3 Å². The third-order valence-corrected chi connectivity index (χ3v) is 5.82. The lowest BCUT2D eigenvalue weighted by Crippen LogP contribution is -2.26. The number of aryl methyl sites for hydroxylation is 2. The average molecular weight is 404 g/mol. The standard InChI is InChI=1S/C23H21N3O2S/c1-14-3-7-16(8-4-14)18-13-29-22-20(18)23(28)26(12-11-19(24)27)21(25-22)17-9-5-15(2)6-10-17/h3-10,13H,11-12H2,1-2H3,(H2,24,27). The summed E-state index contributed by atoms with van der Waals surface area (Å²) in [6.45, 7) is 4.24. The number of nitrogens with two attached hydrogens (primary N) is 1. The Labute approximate surface area is 172 Å². The Balaban J connectivity index is 1.95. The highest BCUT2D eigenvalue weighted by molar-refractivity contribution is 7.17. The minimum Gasteiger partial charge on any atom is -0.370 e. The van der Waals surface area contributed by atoms with Crippen molar-refractivity contribution in [3.63, 3.8) is 0 Å². The summed E-state index contributed by atoms with van der Waals surface area (Å²) in [6.07, 6.45) is 0.0793.